The van der Waals surface area contributed by atoms with Crippen LogP contribution in [0.3, 0.4) is 0 Å². The van der Waals surface area contributed by atoms with E-state index in [1.54, 1.807) is 0 Å². The van der Waals surface area contributed by atoms with Crippen molar-refractivity contribution in [1.29, 1.82) is 0 Å². The van der Waals surface area contributed by atoms with Gasteiger partial charge >= 0.3 is 0 Å². The lowest BCUT2D eigenvalue weighted by Gasteiger charge is -2.30. The van der Waals surface area contributed by atoms with Crippen LogP contribution < -0.4 is 4.74 Å². The fourth-order valence-corrected chi connectivity index (χ4v) is 6.16. The molecule has 0 saturated carbocycles. The molecule has 0 bridgehead atoms. The topological polar surface area (TPSA) is 38.7 Å². The Bertz CT molecular complexity index is 778. The van der Waals surface area contributed by atoms with Crippen LogP contribution in [0.4, 0.5) is 0 Å². The summed E-state index contributed by atoms with van der Waals surface area (Å²) in [4.78, 5) is 0. The Labute approximate surface area is 268 Å². The number of aliphatic hydroxyl groups is 1. The number of hydrogen-bond donors (Lipinski definition) is 1. The minimum Gasteiger partial charge on any atom is -0.493 e. The molecule has 1 N–H and O–H groups in total. The highest BCUT2D eigenvalue weighted by Gasteiger charge is 2.21. The molecule has 0 aliphatic rings. The average Bonchev–Trinajstić information content (AvgIpc) is 2.98. The second-order valence-electron chi connectivity index (χ2n) is 13.8. The molecular formula is C39H74NO3+. The zero-order valence-electron chi connectivity index (χ0n) is 29.8. The molecule has 43 heavy (non-hydrogen) atoms. The molecule has 0 heterocycles. The van der Waals surface area contributed by atoms with E-state index >= 15 is 0 Å². The van der Waals surface area contributed by atoms with Crippen molar-refractivity contribution in [3.63, 3.8) is 0 Å². The van der Waals surface area contributed by atoms with Crippen LogP contribution in [0.25, 0.3) is 0 Å². The molecule has 4 heteroatoms. The third kappa shape index (κ3) is 19.8. The second kappa shape index (κ2) is 26.1. The summed E-state index contributed by atoms with van der Waals surface area (Å²) in [5, 5.41) is 9.58. The number of unbranched alkanes of at least 4 members (excludes halogenated alkanes) is 18. The first-order valence-electron chi connectivity index (χ1n) is 18.7. The van der Waals surface area contributed by atoms with E-state index in [1.165, 1.54) is 132 Å². The summed E-state index contributed by atoms with van der Waals surface area (Å²) >= 11 is 0. The smallest absolute Gasteiger partial charge is 0.128 e. The van der Waals surface area contributed by atoms with Crippen LogP contribution in [-0.4, -0.2) is 50.1 Å². The maximum absolute atomic E-state index is 9.58. The lowest BCUT2D eigenvalue weighted by molar-refractivity contribution is -0.903. The summed E-state index contributed by atoms with van der Waals surface area (Å²) in [6, 6.07) is 4.66. The first-order chi connectivity index (χ1) is 20.9. The lowest BCUT2D eigenvalue weighted by atomic mass is 9.98. The zero-order chi connectivity index (χ0) is 31.6. The molecule has 1 aromatic carbocycles. The first-order valence-corrected chi connectivity index (χ1v) is 18.7. The molecule has 0 spiro atoms. The van der Waals surface area contributed by atoms with Crippen LogP contribution in [-0.2, 0) is 17.7 Å². The third-order valence-corrected chi connectivity index (χ3v) is 9.00. The number of likely N-dealkylation sites (N-methyl/N-ethyl adjacent to an activating group) is 1. The van der Waals surface area contributed by atoms with E-state index in [-0.39, 0.29) is 12.7 Å². The van der Waals surface area contributed by atoms with Crippen LogP contribution in [0, 0.1) is 0 Å². The molecule has 0 aliphatic heterocycles. The molecule has 1 rings (SSSR count). The van der Waals surface area contributed by atoms with Gasteiger partial charge in [-0.2, -0.15) is 0 Å². The van der Waals surface area contributed by atoms with Crippen LogP contribution in [0.2, 0.25) is 0 Å². The SMILES string of the molecule is CCCCCCCCCCCCOc1c(CC)cc(C[N+](C)(C)CCO)cc1C(C)OCCCCCCCCCCCC. The molecule has 0 saturated heterocycles. The average molecular weight is 605 g/mol. The van der Waals surface area contributed by atoms with Gasteiger partial charge in [0.1, 0.15) is 18.8 Å². The summed E-state index contributed by atoms with van der Waals surface area (Å²) < 4.78 is 13.8. The second-order valence-corrected chi connectivity index (χ2v) is 13.8. The summed E-state index contributed by atoms with van der Waals surface area (Å²) in [6.07, 6.45) is 27.7. The molecule has 1 unspecified atom stereocenters. The van der Waals surface area contributed by atoms with E-state index < -0.39 is 0 Å². The van der Waals surface area contributed by atoms with Crippen molar-refractivity contribution in [2.45, 2.75) is 175 Å². The Morgan fingerprint density at radius 3 is 1.58 bits per heavy atom. The molecule has 4 nitrogen and oxygen atoms in total. The van der Waals surface area contributed by atoms with Gasteiger partial charge in [-0.1, -0.05) is 136 Å². The van der Waals surface area contributed by atoms with Crippen LogP contribution >= 0.6 is 0 Å². The maximum Gasteiger partial charge on any atom is 0.128 e. The number of benzene rings is 1. The van der Waals surface area contributed by atoms with Crippen LogP contribution in [0.15, 0.2) is 12.1 Å². The van der Waals surface area contributed by atoms with Crippen molar-refractivity contribution < 1.29 is 19.1 Å². The van der Waals surface area contributed by atoms with E-state index in [0.29, 0.717) is 0 Å². The molecule has 1 aromatic rings. The Morgan fingerprint density at radius 2 is 1.12 bits per heavy atom. The minimum absolute atomic E-state index is 0.0139. The highest BCUT2D eigenvalue weighted by atomic mass is 16.5. The van der Waals surface area contributed by atoms with Gasteiger partial charge in [-0.3, -0.25) is 0 Å². The summed E-state index contributed by atoms with van der Waals surface area (Å²) in [6.45, 7) is 12.5. The number of ether oxygens (including phenoxy) is 2. The van der Waals surface area contributed by atoms with Crippen LogP contribution in [0.5, 0.6) is 5.75 Å². The highest BCUT2D eigenvalue weighted by Crippen LogP contribution is 2.34. The summed E-state index contributed by atoms with van der Waals surface area (Å²) in [5.74, 6) is 1.06. The highest BCUT2D eigenvalue weighted by molar-refractivity contribution is 5.46. The number of quaternary nitrogens is 1. The van der Waals surface area contributed by atoms with Gasteiger partial charge in [0, 0.05) is 17.7 Å². The van der Waals surface area contributed by atoms with Gasteiger partial charge < -0.3 is 19.1 Å². The monoisotopic (exact) mass is 605 g/mol. The molecule has 0 amide bonds. The zero-order valence-corrected chi connectivity index (χ0v) is 29.8. The number of nitrogens with zero attached hydrogens (tertiary/aromatic N) is 1. The number of hydrogen-bond acceptors (Lipinski definition) is 3. The van der Waals surface area contributed by atoms with E-state index in [4.69, 9.17) is 9.47 Å². The fraction of sp³-hybridized carbons (Fsp3) is 0.846. The Morgan fingerprint density at radius 1 is 0.651 bits per heavy atom. The first kappa shape index (κ1) is 39.9. The lowest BCUT2D eigenvalue weighted by Crippen LogP contribution is -2.41. The van der Waals surface area contributed by atoms with E-state index in [2.05, 4.69) is 53.9 Å². The number of aryl methyl sites for hydroxylation is 1. The standard InChI is InChI=1S/C39H74NO3/c1-7-10-12-14-16-18-20-22-24-26-30-42-35(4)38-33-36(34-40(5,6)28-29-41)32-37(9-3)39(38)43-31-27-25-23-21-19-17-15-13-11-8-2/h32-33,35,41H,7-31,34H2,1-6H3/q+1. The Balaban J connectivity index is 2.65. The molecular weight excluding hydrogens is 530 g/mol. The van der Waals surface area contributed by atoms with Gasteiger partial charge in [0.15, 0.2) is 0 Å². The number of aliphatic hydroxyl groups excluding tert-OH is 1. The minimum atomic E-state index is 0.0139. The van der Waals surface area contributed by atoms with Crippen molar-refractivity contribution in [3.8, 4) is 5.75 Å². The van der Waals surface area contributed by atoms with Gasteiger partial charge in [0.2, 0.25) is 0 Å². The largest absolute Gasteiger partial charge is 0.493 e. The van der Waals surface area contributed by atoms with Crippen molar-refractivity contribution >= 4 is 0 Å². The molecule has 252 valence electrons. The van der Waals surface area contributed by atoms with Gasteiger partial charge in [-0.25, -0.2) is 0 Å². The van der Waals surface area contributed by atoms with Crippen molar-refractivity contribution in [2.24, 2.45) is 0 Å². The molecule has 0 aliphatic carbocycles. The Hall–Kier alpha value is -1.10. The van der Waals surface area contributed by atoms with Crippen LogP contribution in [0.1, 0.15) is 179 Å². The van der Waals surface area contributed by atoms with Gasteiger partial charge in [0.05, 0.1) is 33.4 Å². The summed E-state index contributed by atoms with van der Waals surface area (Å²) in [5.41, 5.74) is 3.81. The molecule has 1 atom stereocenters. The van der Waals surface area contributed by atoms with Crippen molar-refractivity contribution in [3.05, 3.63) is 28.8 Å². The van der Waals surface area contributed by atoms with E-state index in [9.17, 15) is 5.11 Å². The van der Waals surface area contributed by atoms with Gasteiger partial charge in [0.25, 0.3) is 0 Å². The van der Waals surface area contributed by atoms with Gasteiger partial charge in [-0.05, 0) is 43.9 Å². The third-order valence-electron chi connectivity index (χ3n) is 9.00. The fourth-order valence-electron chi connectivity index (χ4n) is 6.16. The predicted octanol–water partition coefficient (Wildman–Crippen LogP) is 11.1. The van der Waals surface area contributed by atoms with Crippen molar-refractivity contribution in [2.75, 3.05) is 40.5 Å². The maximum atomic E-state index is 9.58. The van der Waals surface area contributed by atoms with E-state index in [1.807, 2.05) is 0 Å². The quantitative estimate of drug-likeness (QED) is 0.0701. The predicted molar refractivity (Wildman–Crippen MR) is 187 cm³/mol. The molecule has 0 radical (unpaired) electrons. The van der Waals surface area contributed by atoms with Crippen molar-refractivity contribution in [1.82, 2.24) is 0 Å². The molecule has 0 fully saturated rings. The summed E-state index contributed by atoms with van der Waals surface area (Å²) in [7, 11) is 4.39. The number of rotatable bonds is 30. The Kier molecular flexibility index (Phi) is 24.3. The van der Waals surface area contributed by atoms with E-state index in [0.717, 1.165) is 55.8 Å². The van der Waals surface area contributed by atoms with Gasteiger partial charge in [-0.15, -0.1) is 0 Å². The normalized spacial score (nSPS) is 12.6. The molecule has 0 aromatic heterocycles.